The van der Waals surface area contributed by atoms with E-state index in [9.17, 15) is 4.39 Å². The molecule has 4 heterocycles. The van der Waals surface area contributed by atoms with Gasteiger partial charge in [0.2, 0.25) is 5.71 Å². The van der Waals surface area contributed by atoms with Gasteiger partial charge in [-0.15, -0.1) is 48.0 Å². The monoisotopic (exact) mass is 1040 g/mol. The van der Waals surface area contributed by atoms with E-state index >= 15 is 0 Å². The molecule has 9 aromatic rings. The van der Waals surface area contributed by atoms with Crippen LogP contribution in [0.5, 0.6) is 0 Å². The molecule has 0 atom stereocenters. The van der Waals surface area contributed by atoms with Gasteiger partial charge in [0.05, 0.1) is 30.5 Å². The third-order valence-electron chi connectivity index (χ3n) is 11.5. The SMILES string of the molecule is [2H]C(C)(C)c1cc(-c2[c-]cc(F)cc2)ncc1[Si](C)(C)C.[2H]C([2H])(c1ccccc1)c1ccc2c(n1)oc1c(-c3nc4ccccc4n3Cc3c(C(C)C)cc(C)cc3C(C)C)[c-]ccc12.[Ir]. The normalized spacial score (nSPS) is 12.9. The Hall–Kier alpha value is -5.53. The summed E-state index contributed by atoms with van der Waals surface area (Å²) in [5.74, 6) is 0.536. The molecule has 5 nitrogen and oxygen atoms in total. The molecule has 0 bridgehead atoms. The van der Waals surface area contributed by atoms with Crippen molar-refractivity contribution in [3.63, 3.8) is 0 Å². The molecule has 0 aliphatic heterocycles. The van der Waals surface area contributed by atoms with E-state index in [1.807, 2.05) is 68.6 Å². The molecule has 0 aliphatic carbocycles. The van der Waals surface area contributed by atoms with Crippen LogP contribution in [0, 0.1) is 24.9 Å². The Labute approximate surface area is 396 Å². The molecule has 4 aromatic heterocycles. The first kappa shape index (κ1) is 42.4. The van der Waals surface area contributed by atoms with Crippen LogP contribution < -0.4 is 5.19 Å². The van der Waals surface area contributed by atoms with Gasteiger partial charge in [-0.25, -0.2) is 4.98 Å². The quantitative estimate of drug-likeness (QED) is 0.101. The van der Waals surface area contributed by atoms with E-state index in [0.717, 1.165) is 50.0 Å². The van der Waals surface area contributed by atoms with Crippen molar-refractivity contribution >= 4 is 46.4 Å². The summed E-state index contributed by atoms with van der Waals surface area (Å²) in [6.07, 6.45) is 0.123. The number of aryl methyl sites for hydroxylation is 1. The van der Waals surface area contributed by atoms with Crippen LogP contribution in [0.25, 0.3) is 55.7 Å². The smallest absolute Gasteiger partial charge is 0.216 e. The second kappa shape index (κ2) is 19.3. The number of imidazole rings is 1. The van der Waals surface area contributed by atoms with Crippen LogP contribution in [0.2, 0.25) is 19.6 Å². The van der Waals surface area contributed by atoms with E-state index in [4.69, 9.17) is 18.5 Å². The van der Waals surface area contributed by atoms with Crippen LogP contribution in [-0.4, -0.2) is 27.6 Å². The molecule has 5 aromatic carbocycles. The Bertz CT molecular complexity index is 3180. The Morgan fingerprint density at radius 1 is 0.797 bits per heavy atom. The van der Waals surface area contributed by atoms with Crippen molar-refractivity contribution in [3.8, 4) is 22.6 Å². The third-order valence-corrected chi connectivity index (χ3v) is 13.6. The van der Waals surface area contributed by atoms with Crippen LogP contribution >= 0.6 is 0 Å². The standard InChI is InChI=1S/C39H36N3O.C17H21FNSi.Ir/c1-24(2)32-20-26(5)21-33(25(3)4)34(32)23-42-36-17-10-9-16-35(36)41-38(42)31-15-11-14-29-30-19-18-28(40-39(30)43-37(29)31)22-27-12-7-6-8-13-27;1-12(2)15-10-16(13-6-8-14(18)9-7-13)19-11-17(15)20(3,4)5;/h6-14,16-21,24-25H,22-23H2,1-5H3;6,8-12H,1-5H3;/q2*-1;/i22D2;12D;. The number of halogens is 1. The third kappa shape index (κ3) is 9.75. The van der Waals surface area contributed by atoms with Gasteiger partial charge in [0.25, 0.3) is 0 Å². The first-order valence-corrected chi connectivity index (χ1v) is 25.3. The molecule has 0 unspecified atom stereocenters. The summed E-state index contributed by atoms with van der Waals surface area (Å²) in [7, 11) is -1.57. The number of pyridine rings is 2. The largest absolute Gasteiger partial charge is 0.486 e. The molecule has 0 N–H and O–H groups in total. The number of benzene rings is 5. The molecular formula is C56H57FIrN4OSi-2. The average Bonchev–Trinajstić information content (AvgIpc) is 3.84. The minimum Gasteiger partial charge on any atom is -0.486 e. The molecule has 9 rings (SSSR count). The second-order valence-electron chi connectivity index (χ2n) is 18.3. The van der Waals surface area contributed by atoms with Crippen LogP contribution in [0.3, 0.4) is 0 Å². The molecule has 1 radical (unpaired) electrons. The summed E-state index contributed by atoms with van der Waals surface area (Å²) in [5.41, 5.74) is 12.5. The van der Waals surface area contributed by atoms with Gasteiger partial charge in [-0.05, 0) is 82.1 Å². The Morgan fingerprint density at radius 3 is 2.16 bits per heavy atom. The van der Waals surface area contributed by atoms with Gasteiger partial charge in [-0.3, -0.25) is 9.37 Å². The summed E-state index contributed by atoms with van der Waals surface area (Å²) in [5, 5.41) is 2.93. The fourth-order valence-electron chi connectivity index (χ4n) is 8.38. The van der Waals surface area contributed by atoms with Crippen molar-refractivity contribution in [2.24, 2.45) is 0 Å². The van der Waals surface area contributed by atoms with Crippen LogP contribution in [-0.2, 0) is 33.0 Å². The van der Waals surface area contributed by atoms with Crippen LogP contribution in [0.4, 0.5) is 4.39 Å². The molecule has 0 aliphatic rings. The van der Waals surface area contributed by atoms with Crippen LogP contribution in [0.15, 0.2) is 126 Å². The predicted octanol–water partition coefficient (Wildman–Crippen LogP) is 14.3. The molecule has 0 amide bonds. The van der Waals surface area contributed by atoms with Crippen LogP contribution in [0.1, 0.15) is 102 Å². The average molecular weight is 1040 g/mol. The molecule has 8 heteroatoms. The van der Waals surface area contributed by atoms with Gasteiger partial charge in [0, 0.05) is 60.2 Å². The fourth-order valence-corrected chi connectivity index (χ4v) is 9.96. The molecule has 64 heavy (non-hydrogen) atoms. The van der Waals surface area contributed by atoms with Gasteiger partial charge in [-0.2, -0.15) is 0 Å². The van der Waals surface area contributed by atoms with Crippen molar-refractivity contribution < 1.29 is 33.0 Å². The van der Waals surface area contributed by atoms with Gasteiger partial charge < -0.3 is 14.0 Å². The molecule has 0 saturated heterocycles. The number of rotatable bonds is 10. The summed E-state index contributed by atoms with van der Waals surface area (Å²) >= 11 is 0. The molecule has 0 saturated carbocycles. The number of hydrogen-bond acceptors (Lipinski definition) is 4. The molecule has 0 spiro atoms. The van der Waals surface area contributed by atoms with Crippen molar-refractivity contribution in [2.75, 3.05) is 0 Å². The maximum Gasteiger partial charge on any atom is 0.216 e. The summed E-state index contributed by atoms with van der Waals surface area (Å²) < 4.78 is 47.9. The number of aromatic nitrogens is 4. The van der Waals surface area contributed by atoms with Crippen molar-refractivity contribution in [3.05, 3.63) is 178 Å². The van der Waals surface area contributed by atoms with E-state index in [0.29, 0.717) is 40.9 Å². The minimum absolute atomic E-state index is 0. The van der Waals surface area contributed by atoms with E-state index < -0.39 is 20.3 Å². The Kier molecular flexibility index (Phi) is 12.8. The Morgan fingerprint density at radius 2 is 1.50 bits per heavy atom. The van der Waals surface area contributed by atoms with Crippen molar-refractivity contribution in [2.45, 2.75) is 98.8 Å². The molecule has 329 valence electrons. The Balaban J connectivity index is 0.000000255. The molecule has 0 fully saturated rings. The van der Waals surface area contributed by atoms with Crippen molar-refractivity contribution in [1.82, 2.24) is 19.5 Å². The molecular weight excluding hydrogens is 984 g/mol. The number of nitrogens with zero attached hydrogens (tertiary/aromatic N) is 4. The first-order valence-electron chi connectivity index (χ1n) is 23.3. The topological polar surface area (TPSA) is 56.7 Å². The zero-order chi connectivity index (χ0) is 47.3. The van der Waals surface area contributed by atoms with Gasteiger partial charge in [-0.1, -0.05) is 144 Å². The number of para-hydroxylation sites is 2. The zero-order valence-electron chi connectivity index (χ0n) is 41.3. The predicted molar refractivity (Wildman–Crippen MR) is 262 cm³/mol. The van der Waals surface area contributed by atoms with Gasteiger partial charge >= 0.3 is 0 Å². The fraction of sp³-hybridized carbons (Fsp3) is 0.268. The van der Waals surface area contributed by atoms with E-state index in [1.54, 1.807) is 24.3 Å². The number of furan rings is 1. The van der Waals surface area contributed by atoms with Gasteiger partial charge in [0.1, 0.15) is 0 Å². The summed E-state index contributed by atoms with van der Waals surface area (Å²) in [6.45, 7) is 22.4. The van der Waals surface area contributed by atoms with E-state index in [1.165, 1.54) is 39.6 Å². The maximum absolute atomic E-state index is 13.0. The second-order valence-corrected chi connectivity index (χ2v) is 23.3. The van der Waals surface area contributed by atoms with Crippen molar-refractivity contribution in [1.29, 1.82) is 0 Å². The number of hydrogen-bond donors (Lipinski definition) is 0. The summed E-state index contributed by atoms with van der Waals surface area (Å²) in [4.78, 5) is 14.4. The first-order chi connectivity index (χ1) is 31.2. The van der Waals surface area contributed by atoms with Gasteiger partial charge in [0.15, 0.2) is 0 Å². The van der Waals surface area contributed by atoms with E-state index in [2.05, 4.69) is 106 Å². The number of fused-ring (bicyclic) bond motifs is 4. The minimum atomic E-state index is -1.77. The summed E-state index contributed by atoms with van der Waals surface area (Å²) in [6, 6.07) is 42.3. The zero-order valence-corrected chi connectivity index (χ0v) is 41.7. The maximum atomic E-state index is 13.0. The van der Waals surface area contributed by atoms with E-state index in [-0.39, 0.29) is 25.9 Å².